The number of carbonyl (C=O) groups is 3. The monoisotopic (exact) mass is 477 g/mol. The van der Waals surface area contributed by atoms with Crippen molar-refractivity contribution in [3.05, 3.63) is 89.1 Å². The molecule has 0 aromatic heterocycles. The average Bonchev–Trinajstić information content (AvgIpc) is 3.07. The van der Waals surface area contributed by atoms with Crippen molar-refractivity contribution in [3.63, 3.8) is 0 Å². The van der Waals surface area contributed by atoms with Crippen LogP contribution in [0, 0.1) is 0 Å². The van der Waals surface area contributed by atoms with Crippen LogP contribution in [0.1, 0.15) is 10.4 Å². The Morgan fingerprint density at radius 2 is 1.50 bits per heavy atom. The van der Waals surface area contributed by atoms with Gasteiger partial charge in [-0.25, -0.2) is 4.90 Å². The third kappa shape index (κ3) is 4.57. The maximum atomic E-state index is 12.9. The summed E-state index contributed by atoms with van der Waals surface area (Å²) in [5.41, 5.74) is 1.81. The van der Waals surface area contributed by atoms with Gasteiger partial charge in [0.2, 0.25) is 0 Å². The van der Waals surface area contributed by atoms with E-state index in [0.29, 0.717) is 34.1 Å². The highest BCUT2D eigenvalue weighted by Gasteiger charge is 2.38. The van der Waals surface area contributed by atoms with Crippen LogP contribution in [0.3, 0.4) is 0 Å². The van der Waals surface area contributed by atoms with Crippen molar-refractivity contribution in [1.82, 2.24) is 0 Å². The minimum atomic E-state index is -0.631. The van der Waals surface area contributed by atoms with E-state index in [1.807, 2.05) is 0 Å². The summed E-state index contributed by atoms with van der Waals surface area (Å²) in [7, 11) is 3.07. The minimum absolute atomic E-state index is 0.0453. The molecular formula is C25H20ClN3O5. The topological polar surface area (TPSA) is 97.0 Å². The highest BCUT2D eigenvalue weighted by Crippen LogP contribution is 2.31. The van der Waals surface area contributed by atoms with E-state index in [1.165, 1.54) is 7.11 Å². The van der Waals surface area contributed by atoms with E-state index in [4.69, 9.17) is 21.1 Å². The van der Waals surface area contributed by atoms with Gasteiger partial charge >= 0.3 is 0 Å². The number of nitrogens with zero attached hydrogens (tertiary/aromatic N) is 1. The number of imide groups is 1. The van der Waals surface area contributed by atoms with Crippen LogP contribution in [0.2, 0.25) is 0 Å². The van der Waals surface area contributed by atoms with E-state index < -0.39 is 11.8 Å². The molecule has 2 N–H and O–H groups in total. The Labute approximate surface area is 200 Å². The van der Waals surface area contributed by atoms with E-state index in [-0.39, 0.29) is 16.6 Å². The summed E-state index contributed by atoms with van der Waals surface area (Å²) >= 11 is 6.18. The second-order valence-electron chi connectivity index (χ2n) is 7.22. The average molecular weight is 478 g/mol. The molecule has 172 valence electrons. The lowest BCUT2D eigenvalue weighted by atomic mass is 10.2. The number of hydrogen-bond acceptors (Lipinski definition) is 6. The summed E-state index contributed by atoms with van der Waals surface area (Å²) < 4.78 is 10.3. The molecule has 34 heavy (non-hydrogen) atoms. The molecule has 0 unspecified atom stereocenters. The molecular weight excluding hydrogens is 458 g/mol. The lowest BCUT2D eigenvalue weighted by Gasteiger charge is -2.15. The summed E-state index contributed by atoms with van der Waals surface area (Å²) in [6, 6.07) is 19.9. The molecule has 3 aromatic carbocycles. The van der Waals surface area contributed by atoms with Gasteiger partial charge in [-0.1, -0.05) is 17.7 Å². The number of benzene rings is 3. The highest BCUT2D eigenvalue weighted by atomic mass is 35.5. The molecule has 0 saturated heterocycles. The zero-order valence-electron chi connectivity index (χ0n) is 18.3. The molecule has 9 heteroatoms. The Bertz CT molecular complexity index is 1290. The van der Waals surface area contributed by atoms with Crippen molar-refractivity contribution in [2.75, 3.05) is 29.8 Å². The molecule has 0 aliphatic carbocycles. The Balaban J connectivity index is 1.46. The summed E-state index contributed by atoms with van der Waals surface area (Å²) in [4.78, 5) is 39.1. The third-order valence-corrected chi connectivity index (χ3v) is 5.45. The molecule has 8 nitrogen and oxygen atoms in total. The second-order valence-corrected chi connectivity index (χ2v) is 7.60. The number of rotatable bonds is 7. The smallest absolute Gasteiger partial charge is 0.283 e. The van der Waals surface area contributed by atoms with Crippen LogP contribution in [0.15, 0.2) is 83.5 Å². The van der Waals surface area contributed by atoms with Gasteiger partial charge in [0, 0.05) is 23.0 Å². The van der Waals surface area contributed by atoms with Crippen molar-refractivity contribution in [2.24, 2.45) is 0 Å². The van der Waals surface area contributed by atoms with Crippen molar-refractivity contribution in [3.8, 4) is 11.5 Å². The maximum Gasteiger partial charge on any atom is 0.283 e. The summed E-state index contributed by atoms with van der Waals surface area (Å²) in [6.07, 6.45) is 0. The lowest BCUT2D eigenvalue weighted by Crippen LogP contribution is -2.32. The molecule has 3 amide bonds. The van der Waals surface area contributed by atoms with Gasteiger partial charge in [-0.05, 0) is 60.7 Å². The quantitative estimate of drug-likeness (QED) is 0.490. The van der Waals surface area contributed by atoms with Gasteiger partial charge in [0.1, 0.15) is 22.2 Å². The predicted molar refractivity (Wildman–Crippen MR) is 129 cm³/mol. The van der Waals surface area contributed by atoms with Crippen LogP contribution in [0.5, 0.6) is 11.5 Å². The van der Waals surface area contributed by atoms with Crippen molar-refractivity contribution in [1.29, 1.82) is 0 Å². The Morgan fingerprint density at radius 1 is 0.824 bits per heavy atom. The minimum Gasteiger partial charge on any atom is -0.497 e. The van der Waals surface area contributed by atoms with E-state index in [1.54, 1.807) is 79.9 Å². The largest absolute Gasteiger partial charge is 0.497 e. The molecule has 1 aliphatic rings. The summed E-state index contributed by atoms with van der Waals surface area (Å²) in [5, 5.41) is 5.46. The third-order valence-electron chi connectivity index (χ3n) is 5.10. The Morgan fingerprint density at radius 3 is 2.15 bits per heavy atom. The fourth-order valence-corrected chi connectivity index (χ4v) is 3.54. The van der Waals surface area contributed by atoms with E-state index in [2.05, 4.69) is 10.6 Å². The number of methoxy groups -OCH3 is 2. The van der Waals surface area contributed by atoms with Gasteiger partial charge < -0.3 is 20.1 Å². The molecule has 0 spiro atoms. The summed E-state index contributed by atoms with van der Waals surface area (Å²) in [5.74, 6) is -0.304. The zero-order chi connectivity index (χ0) is 24.2. The number of halogens is 1. The SMILES string of the molecule is COc1ccc(N2C(=O)C(Cl)=C(Nc3ccc(C(=O)Nc4cccc(OC)c4)cc3)C2=O)cc1. The fraction of sp³-hybridized carbons (Fsp3) is 0.0800. The van der Waals surface area contributed by atoms with Crippen LogP contribution < -0.4 is 25.0 Å². The molecule has 1 aliphatic heterocycles. The predicted octanol–water partition coefficient (Wildman–Crippen LogP) is 4.39. The molecule has 3 aromatic rings. The molecule has 0 atom stereocenters. The standard InChI is InChI=1S/C25H20ClN3O5/c1-33-19-12-10-18(11-13-19)29-24(31)21(26)22(25(29)32)27-16-8-6-15(7-9-16)23(30)28-17-4-3-5-20(14-17)34-2/h3-14,27H,1-2H3,(H,28,30). The van der Waals surface area contributed by atoms with E-state index in [9.17, 15) is 14.4 Å². The molecule has 1 heterocycles. The maximum absolute atomic E-state index is 12.9. The first-order valence-electron chi connectivity index (χ1n) is 10.2. The second kappa shape index (κ2) is 9.68. The fourth-order valence-electron chi connectivity index (χ4n) is 3.33. The molecule has 0 saturated carbocycles. The molecule has 0 bridgehead atoms. The van der Waals surface area contributed by atoms with Crippen LogP contribution in [-0.2, 0) is 9.59 Å². The summed E-state index contributed by atoms with van der Waals surface area (Å²) in [6.45, 7) is 0. The van der Waals surface area contributed by atoms with Crippen molar-refractivity contribution in [2.45, 2.75) is 0 Å². The first-order valence-corrected chi connectivity index (χ1v) is 10.5. The zero-order valence-corrected chi connectivity index (χ0v) is 19.1. The molecule has 4 rings (SSSR count). The van der Waals surface area contributed by atoms with Gasteiger partial charge in [0.15, 0.2) is 0 Å². The molecule has 0 radical (unpaired) electrons. The van der Waals surface area contributed by atoms with Crippen molar-refractivity contribution < 1.29 is 23.9 Å². The number of carbonyl (C=O) groups excluding carboxylic acids is 3. The van der Waals surface area contributed by atoms with Gasteiger partial charge in [-0.15, -0.1) is 0 Å². The number of anilines is 3. The number of ether oxygens (including phenoxy) is 2. The lowest BCUT2D eigenvalue weighted by molar-refractivity contribution is -0.120. The van der Waals surface area contributed by atoms with Crippen molar-refractivity contribution >= 4 is 46.4 Å². The van der Waals surface area contributed by atoms with Gasteiger partial charge in [0.05, 0.1) is 19.9 Å². The number of nitrogens with one attached hydrogen (secondary N) is 2. The van der Waals surface area contributed by atoms with Gasteiger partial charge in [-0.3, -0.25) is 14.4 Å². The van der Waals surface area contributed by atoms with Crippen LogP contribution in [-0.4, -0.2) is 31.9 Å². The highest BCUT2D eigenvalue weighted by molar-refractivity contribution is 6.53. The molecule has 0 fully saturated rings. The normalized spacial score (nSPS) is 13.2. The van der Waals surface area contributed by atoms with Gasteiger partial charge in [-0.2, -0.15) is 0 Å². The van der Waals surface area contributed by atoms with E-state index in [0.717, 1.165) is 4.90 Å². The number of hydrogen-bond donors (Lipinski definition) is 2. The Hall–Kier alpha value is -4.30. The number of amides is 3. The Kier molecular flexibility index (Phi) is 6.51. The van der Waals surface area contributed by atoms with Gasteiger partial charge in [0.25, 0.3) is 17.7 Å². The first kappa shape index (κ1) is 22.9. The van der Waals surface area contributed by atoms with E-state index >= 15 is 0 Å². The first-order chi connectivity index (χ1) is 16.4. The van der Waals surface area contributed by atoms with Crippen LogP contribution in [0.25, 0.3) is 0 Å². The van der Waals surface area contributed by atoms with Crippen LogP contribution >= 0.6 is 11.6 Å². The van der Waals surface area contributed by atoms with Crippen LogP contribution in [0.4, 0.5) is 17.1 Å².